The minimum absolute atomic E-state index is 0.105. The highest BCUT2D eigenvalue weighted by molar-refractivity contribution is 6.30. The smallest absolute Gasteiger partial charge is 0.328 e. The first-order valence-electron chi connectivity index (χ1n) is 11.9. The van der Waals surface area contributed by atoms with Gasteiger partial charge in [-0.05, 0) is 70.9 Å². The van der Waals surface area contributed by atoms with E-state index in [4.69, 9.17) is 16.7 Å². The van der Waals surface area contributed by atoms with Crippen LogP contribution < -0.4 is 0 Å². The van der Waals surface area contributed by atoms with E-state index in [1.54, 1.807) is 36.4 Å². The van der Waals surface area contributed by atoms with Crippen molar-refractivity contribution >= 4 is 45.7 Å². The van der Waals surface area contributed by atoms with Crippen molar-refractivity contribution in [2.45, 2.75) is 19.3 Å². The number of halogens is 2. The van der Waals surface area contributed by atoms with E-state index in [1.165, 1.54) is 6.08 Å². The number of aromatic amines is 1. The number of nitriles is 2. The third-order valence-corrected chi connectivity index (χ3v) is 7.10. The number of aliphatic carboxylic acids is 1. The normalized spacial score (nSPS) is 14.1. The van der Waals surface area contributed by atoms with Gasteiger partial charge in [0.2, 0.25) is 5.95 Å². The van der Waals surface area contributed by atoms with Crippen molar-refractivity contribution in [2.24, 2.45) is 5.92 Å². The van der Waals surface area contributed by atoms with Gasteiger partial charge in [0.1, 0.15) is 6.07 Å². The van der Waals surface area contributed by atoms with E-state index in [2.05, 4.69) is 22.3 Å². The number of carboxylic acids is 1. The van der Waals surface area contributed by atoms with Crippen molar-refractivity contribution in [3.8, 4) is 12.1 Å². The quantitative estimate of drug-likeness (QED) is 0.210. The number of H-pyrrole nitrogens is 1. The summed E-state index contributed by atoms with van der Waals surface area (Å²) in [6, 6.07) is 20.3. The van der Waals surface area contributed by atoms with Gasteiger partial charge >= 0.3 is 5.97 Å². The molecule has 6 nitrogen and oxygen atoms in total. The lowest BCUT2D eigenvalue weighted by Crippen LogP contribution is -2.16. The molecular formula is C30H20ClFN4O2. The van der Waals surface area contributed by atoms with Crippen molar-refractivity contribution in [1.82, 2.24) is 10.2 Å². The standard InChI is InChI=1S/C30H20ClFN4O2/c31-21-9-10-22(20(14-21)15-33)27(18-2-1-3-18)28(19-7-4-17(5-8-19)6-13-26(37)38)23-11-12-25-29(24(23)16-34)30(32)36-35-25/h4-14,18H,1-3H2,(H,35,36)(H,37,38)/b13-6+,28-27+. The summed E-state index contributed by atoms with van der Waals surface area (Å²) in [7, 11) is 0. The summed E-state index contributed by atoms with van der Waals surface area (Å²) in [6.07, 6.45) is 5.37. The fraction of sp³-hybridized carbons (Fsp3) is 0.133. The molecule has 1 aliphatic carbocycles. The van der Waals surface area contributed by atoms with Crippen LogP contribution >= 0.6 is 11.6 Å². The molecule has 4 aromatic rings. The Balaban J connectivity index is 1.86. The molecule has 1 saturated carbocycles. The van der Waals surface area contributed by atoms with Crippen molar-refractivity contribution in [3.63, 3.8) is 0 Å². The molecule has 0 saturated heterocycles. The molecule has 5 rings (SSSR count). The van der Waals surface area contributed by atoms with Gasteiger partial charge in [-0.15, -0.1) is 5.10 Å². The summed E-state index contributed by atoms with van der Waals surface area (Å²) in [4.78, 5) is 11.0. The number of hydrogen-bond acceptors (Lipinski definition) is 4. The highest BCUT2D eigenvalue weighted by atomic mass is 35.5. The van der Waals surface area contributed by atoms with Gasteiger partial charge in [-0.1, -0.05) is 54.4 Å². The highest BCUT2D eigenvalue weighted by Gasteiger charge is 2.30. The topological polar surface area (TPSA) is 114 Å². The number of benzene rings is 3. The van der Waals surface area contributed by atoms with Gasteiger partial charge in [-0.2, -0.15) is 14.9 Å². The fourth-order valence-corrected chi connectivity index (χ4v) is 5.06. The lowest BCUT2D eigenvalue weighted by molar-refractivity contribution is -0.131. The highest BCUT2D eigenvalue weighted by Crippen LogP contribution is 2.47. The Kier molecular flexibility index (Phi) is 6.79. The second-order valence-corrected chi connectivity index (χ2v) is 9.49. The summed E-state index contributed by atoms with van der Waals surface area (Å²) in [6.45, 7) is 0. The second kappa shape index (κ2) is 10.3. The van der Waals surface area contributed by atoms with Gasteiger partial charge in [0.05, 0.1) is 28.1 Å². The van der Waals surface area contributed by atoms with Crippen molar-refractivity contribution in [3.05, 3.63) is 105 Å². The number of nitrogens with one attached hydrogen (secondary N) is 1. The molecule has 2 N–H and O–H groups in total. The zero-order valence-electron chi connectivity index (χ0n) is 20.0. The van der Waals surface area contributed by atoms with Gasteiger partial charge in [-0.3, -0.25) is 5.10 Å². The predicted octanol–water partition coefficient (Wildman–Crippen LogP) is 6.96. The number of hydrogen-bond donors (Lipinski definition) is 2. The van der Waals surface area contributed by atoms with E-state index < -0.39 is 11.9 Å². The third kappa shape index (κ3) is 4.56. The molecule has 0 spiro atoms. The summed E-state index contributed by atoms with van der Waals surface area (Å²) >= 11 is 6.22. The lowest BCUT2D eigenvalue weighted by Gasteiger charge is -2.32. The molecule has 38 heavy (non-hydrogen) atoms. The molecule has 3 aromatic carbocycles. The van der Waals surface area contributed by atoms with Crippen LogP contribution in [-0.4, -0.2) is 21.3 Å². The van der Waals surface area contributed by atoms with E-state index in [1.807, 2.05) is 18.2 Å². The maximum absolute atomic E-state index is 14.7. The Morgan fingerprint density at radius 3 is 2.45 bits per heavy atom. The summed E-state index contributed by atoms with van der Waals surface area (Å²) in [5, 5.41) is 36.0. The first-order valence-corrected chi connectivity index (χ1v) is 12.3. The van der Waals surface area contributed by atoms with Crippen LogP contribution in [0.2, 0.25) is 5.02 Å². The number of allylic oxidation sites excluding steroid dienone is 1. The molecule has 186 valence electrons. The third-order valence-electron chi connectivity index (χ3n) is 6.86. The van der Waals surface area contributed by atoms with E-state index >= 15 is 0 Å². The number of fused-ring (bicyclic) bond motifs is 1. The number of carbonyl (C=O) groups is 1. The van der Waals surface area contributed by atoms with Gasteiger partial charge in [-0.25, -0.2) is 4.79 Å². The first-order chi connectivity index (χ1) is 18.4. The molecule has 1 heterocycles. The summed E-state index contributed by atoms with van der Waals surface area (Å²) in [5.74, 6) is -1.70. The van der Waals surface area contributed by atoms with E-state index in [-0.39, 0.29) is 16.9 Å². The monoisotopic (exact) mass is 522 g/mol. The minimum Gasteiger partial charge on any atom is -0.478 e. The van der Waals surface area contributed by atoms with E-state index in [0.717, 1.165) is 36.5 Å². The number of aromatic nitrogens is 2. The van der Waals surface area contributed by atoms with Gasteiger partial charge in [0.25, 0.3) is 0 Å². The van der Waals surface area contributed by atoms with Crippen LogP contribution in [0, 0.1) is 34.5 Å². The van der Waals surface area contributed by atoms with Gasteiger partial charge in [0.15, 0.2) is 0 Å². The molecule has 0 unspecified atom stereocenters. The van der Waals surface area contributed by atoms with Crippen molar-refractivity contribution in [1.29, 1.82) is 10.5 Å². The van der Waals surface area contributed by atoms with E-state index in [9.17, 15) is 19.7 Å². The van der Waals surface area contributed by atoms with Crippen molar-refractivity contribution in [2.75, 3.05) is 0 Å². The number of carboxylic acid groups (broad SMARTS) is 1. The number of rotatable bonds is 6. The molecule has 1 aromatic heterocycles. The molecule has 8 heteroatoms. The summed E-state index contributed by atoms with van der Waals surface area (Å²) < 4.78 is 14.7. The summed E-state index contributed by atoms with van der Waals surface area (Å²) in [5.41, 5.74) is 5.22. The van der Waals surface area contributed by atoms with Crippen LogP contribution in [0.5, 0.6) is 0 Å². The Bertz CT molecular complexity index is 1720. The molecule has 0 amide bonds. The number of nitrogens with zero attached hydrogens (tertiary/aromatic N) is 3. The van der Waals surface area contributed by atoms with Crippen molar-refractivity contribution < 1.29 is 14.3 Å². The first kappa shape index (κ1) is 25.0. The van der Waals surface area contributed by atoms with Crippen LogP contribution in [0.15, 0.2) is 60.7 Å². The second-order valence-electron chi connectivity index (χ2n) is 9.05. The zero-order valence-corrected chi connectivity index (χ0v) is 20.8. The average Bonchev–Trinajstić information content (AvgIpc) is 3.27. The molecule has 0 aliphatic heterocycles. The lowest BCUT2D eigenvalue weighted by atomic mass is 9.72. The maximum atomic E-state index is 14.7. The van der Waals surface area contributed by atoms with Crippen LogP contribution in [0.1, 0.15) is 52.6 Å². The molecule has 0 radical (unpaired) electrons. The zero-order chi connectivity index (χ0) is 26.8. The van der Waals surface area contributed by atoms with Crippen LogP contribution in [0.4, 0.5) is 4.39 Å². The molecule has 0 atom stereocenters. The van der Waals surface area contributed by atoms with Gasteiger partial charge in [0, 0.05) is 16.7 Å². The Hall–Kier alpha value is -4.72. The molecular weight excluding hydrogens is 503 g/mol. The van der Waals surface area contributed by atoms with Crippen LogP contribution in [0.25, 0.3) is 28.1 Å². The average molecular weight is 523 g/mol. The Morgan fingerprint density at radius 2 is 1.82 bits per heavy atom. The van der Waals surface area contributed by atoms with E-state index in [0.29, 0.717) is 38.4 Å². The fourth-order valence-electron chi connectivity index (χ4n) is 4.88. The van der Waals surface area contributed by atoms with Crippen LogP contribution in [0.3, 0.4) is 0 Å². The Morgan fingerprint density at radius 1 is 1.08 bits per heavy atom. The van der Waals surface area contributed by atoms with Gasteiger partial charge < -0.3 is 5.11 Å². The molecule has 1 aliphatic rings. The molecule has 1 fully saturated rings. The largest absolute Gasteiger partial charge is 0.478 e. The predicted molar refractivity (Wildman–Crippen MR) is 143 cm³/mol. The molecule has 0 bridgehead atoms. The maximum Gasteiger partial charge on any atom is 0.328 e. The SMILES string of the molecule is N#Cc1cc(Cl)ccc1/C(=C(\c1ccc(/C=C/C(=O)O)cc1)c1ccc2[nH]nc(F)c2c1C#N)C1CCC1. The van der Waals surface area contributed by atoms with Crippen LogP contribution in [-0.2, 0) is 4.79 Å². The minimum atomic E-state index is -1.05. The Labute approximate surface area is 222 Å².